The highest BCUT2D eigenvalue weighted by molar-refractivity contribution is 6.30. The molecule has 1 saturated carbocycles. The second kappa shape index (κ2) is 14.2. The molecule has 1 unspecified atom stereocenters. The molecule has 1 saturated heterocycles. The largest absolute Gasteiger partial charge is 0.481 e. The van der Waals surface area contributed by atoms with Gasteiger partial charge in [-0.15, -0.1) is 0 Å². The number of rotatable bonds is 13. The lowest BCUT2D eigenvalue weighted by atomic mass is 9.95. The van der Waals surface area contributed by atoms with Crippen molar-refractivity contribution in [2.24, 2.45) is 0 Å². The van der Waals surface area contributed by atoms with E-state index >= 15 is 0 Å². The standard InChI is InChI=1S/C20H31ClN2O2.C6H8O7/c1-16(2)25-14-19(24)13-22-9-11-23(12-10-22)15-20(7-8-20)17-3-5-18(21)6-4-17;7-3(8)1-6(13,5(11)12)2-4(9)10/h3-6,16,19,24H,7-15H2,1-2H3;13H,1-2H2,(H,7,8)(H,9,10)(H,11,12). The zero-order chi connectivity index (χ0) is 28.5. The minimum Gasteiger partial charge on any atom is -0.481 e. The van der Waals surface area contributed by atoms with Crippen LogP contribution in [0.5, 0.6) is 0 Å². The molecule has 5 N–H and O–H groups in total. The highest BCUT2D eigenvalue weighted by atomic mass is 35.5. The van der Waals surface area contributed by atoms with E-state index < -0.39 is 42.5 Å². The van der Waals surface area contributed by atoms with Crippen LogP contribution in [0.2, 0.25) is 5.02 Å². The van der Waals surface area contributed by atoms with Crippen molar-refractivity contribution in [1.29, 1.82) is 0 Å². The van der Waals surface area contributed by atoms with E-state index in [2.05, 4.69) is 21.9 Å². The molecular weight excluding hydrogens is 520 g/mol. The summed E-state index contributed by atoms with van der Waals surface area (Å²) in [4.78, 5) is 35.4. The number of ether oxygens (including phenoxy) is 1. The van der Waals surface area contributed by atoms with Crippen molar-refractivity contribution in [3.63, 3.8) is 0 Å². The van der Waals surface area contributed by atoms with Crippen LogP contribution in [-0.2, 0) is 24.5 Å². The van der Waals surface area contributed by atoms with Gasteiger partial charge in [-0.25, -0.2) is 4.79 Å². The van der Waals surface area contributed by atoms with E-state index in [0.717, 1.165) is 37.7 Å². The highest BCUT2D eigenvalue weighted by Crippen LogP contribution is 2.49. The van der Waals surface area contributed by atoms with Gasteiger partial charge in [-0.05, 0) is 44.4 Å². The maximum atomic E-state index is 10.3. The lowest BCUT2D eigenvalue weighted by Crippen LogP contribution is -2.50. The molecular formula is C26H39ClN2O9. The van der Waals surface area contributed by atoms with Crippen molar-refractivity contribution in [1.82, 2.24) is 9.80 Å². The Hall–Kier alpha value is -2.28. The zero-order valence-corrected chi connectivity index (χ0v) is 22.6. The molecule has 1 aliphatic heterocycles. The van der Waals surface area contributed by atoms with Crippen molar-refractivity contribution in [3.05, 3.63) is 34.9 Å². The molecule has 2 aliphatic rings. The zero-order valence-electron chi connectivity index (χ0n) is 21.9. The number of piperazine rings is 1. The SMILES string of the molecule is CC(C)OCC(O)CN1CCN(CC2(c3ccc(Cl)cc3)CC2)CC1.O=C(O)CC(O)(CC(=O)O)C(=O)O. The number of aliphatic hydroxyl groups is 2. The molecule has 1 heterocycles. The highest BCUT2D eigenvalue weighted by Gasteiger charge is 2.45. The minimum atomic E-state index is -2.74. The van der Waals surface area contributed by atoms with E-state index in [-0.39, 0.29) is 6.10 Å². The number of carboxylic acids is 3. The molecule has 214 valence electrons. The predicted octanol–water partition coefficient (Wildman–Crippen LogP) is 1.53. The molecule has 11 nitrogen and oxygen atoms in total. The number of aliphatic carboxylic acids is 3. The van der Waals surface area contributed by atoms with Crippen LogP contribution in [0.15, 0.2) is 24.3 Å². The monoisotopic (exact) mass is 558 g/mol. The maximum Gasteiger partial charge on any atom is 0.336 e. The van der Waals surface area contributed by atoms with Gasteiger partial charge in [0.15, 0.2) is 5.60 Å². The average molecular weight is 559 g/mol. The molecule has 12 heteroatoms. The van der Waals surface area contributed by atoms with Crippen molar-refractivity contribution in [3.8, 4) is 0 Å². The molecule has 1 aromatic carbocycles. The van der Waals surface area contributed by atoms with E-state index in [1.54, 1.807) is 0 Å². The lowest BCUT2D eigenvalue weighted by Gasteiger charge is -2.37. The summed E-state index contributed by atoms with van der Waals surface area (Å²) >= 11 is 6.03. The molecule has 38 heavy (non-hydrogen) atoms. The fourth-order valence-electron chi connectivity index (χ4n) is 4.42. The third-order valence-corrected chi connectivity index (χ3v) is 6.93. The predicted molar refractivity (Wildman–Crippen MR) is 139 cm³/mol. The van der Waals surface area contributed by atoms with E-state index in [4.69, 9.17) is 36.8 Å². The van der Waals surface area contributed by atoms with Gasteiger partial charge in [-0.3, -0.25) is 19.4 Å². The van der Waals surface area contributed by atoms with Gasteiger partial charge >= 0.3 is 17.9 Å². The Morgan fingerprint density at radius 1 is 0.974 bits per heavy atom. The van der Waals surface area contributed by atoms with Gasteiger partial charge in [0.25, 0.3) is 0 Å². The second-order valence-corrected chi connectivity index (χ2v) is 10.8. The van der Waals surface area contributed by atoms with Gasteiger partial charge in [0.05, 0.1) is 31.7 Å². The fraction of sp³-hybridized carbons (Fsp3) is 0.654. The Labute approximate surface area is 227 Å². The Morgan fingerprint density at radius 2 is 1.47 bits per heavy atom. The number of hydrogen-bond acceptors (Lipinski definition) is 8. The number of nitrogens with zero attached hydrogens (tertiary/aromatic N) is 2. The summed E-state index contributed by atoms with van der Waals surface area (Å²) in [5.74, 6) is -5.02. The van der Waals surface area contributed by atoms with E-state index in [0.29, 0.717) is 18.6 Å². The van der Waals surface area contributed by atoms with Gasteiger partial charge < -0.3 is 30.3 Å². The fourth-order valence-corrected chi connectivity index (χ4v) is 4.54. The molecule has 0 aromatic heterocycles. The summed E-state index contributed by atoms with van der Waals surface area (Å²) in [5.41, 5.74) is -0.963. The first-order valence-corrected chi connectivity index (χ1v) is 13.0. The minimum absolute atomic E-state index is 0.175. The molecule has 0 radical (unpaired) electrons. The number of β-amino-alcohol motifs (C(OH)–C–C–N with tert-alkyl or cyclic N) is 1. The maximum absolute atomic E-state index is 10.3. The number of carboxylic acid groups (broad SMARTS) is 3. The van der Waals surface area contributed by atoms with E-state index in [1.165, 1.54) is 18.4 Å². The topological polar surface area (TPSA) is 168 Å². The Kier molecular flexibility index (Phi) is 11.9. The van der Waals surface area contributed by atoms with Crippen LogP contribution < -0.4 is 0 Å². The lowest BCUT2D eigenvalue weighted by molar-refractivity contribution is -0.170. The van der Waals surface area contributed by atoms with Crippen molar-refractivity contribution >= 4 is 29.5 Å². The van der Waals surface area contributed by atoms with Crippen molar-refractivity contribution in [2.45, 2.75) is 62.8 Å². The molecule has 1 atom stereocenters. The summed E-state index contributed by atoms with van der Waals surface area (Å²) in [6.45, 7) is 10.5. The molecule has 1 aliphatic carbocycles. The van der Waals surface area contributed by atoms with E-state index in [1.807, 2.05) is 26.0 Å². The number of aliphatic hydroxyl groups excluding tert-OH is 1. The summed E-state index contributed by atoms with van der Waals surface area (Å²) in [6, 6.07) is 8.40. The first-order chi connectivity index (χ1) is 17.7. The van der Waals surface area contributed by atoms with Crippen LogP contribution in [0, 0.1) is 0 Å². The van der Waals surface area contributed by atoms with Gasteiger partial charge in [0.1, 0.15) is 0 Å². The van der Waals surface area contributed by atoms with E-state index in [9.17, 15) is 19.5 Å². The van der Waals surface area contributed by atoms with Crippen molar-refractivity contribution in [2.75, 3.05) is 45.9 Å². The number of halogens is 1. The normalized spacial score (nSPS) is 18.4. The van der Waals surface area contributed by atoms with Gasteiger partial charge in [0.2, 0.25) is 0 Å². The number of hydrogen-bond donors (Lipinski definition) is 5. The number of carbonyl (C=O) groups is 3. The molecule has 0 amide bonds. The van der Waals surface area contributed by atoms with Gasteiger partial charge in [-0.2, -0.15) is 0 Å². The first kappa shape index (κ1) is 31.9. The van der Waals surface area contributed by atoms with Gasteiger partial charge in [-0.1, -0.05) is 23.7 Å². The molecule has 1 aromatic rings. The molecule has 3 rings (SSSR count). The van der Waals surface area contributed by atoms with Gasteiger partial charge in [0, 0.05) is 49.7 Å². The molecule has 2 fully saturated rings. The second-order valence-electron chi connectivity index (χ2n) is 10.4. The van der Waals surface area contributed by atoms with Crippen LogP contribution in [0.3, 0.4) is 0 Å². The van der Waals surface area contributed by atoms with Crippen LogP contribution in [0.4, 0.5) is 0 Å². The Balaban J connectivity index is 0.000000332. The average Bonchev–Trinajstić information content (AvgIpc) is 3.59. The molecule has 0 bridgehead atoms. The van der Waals surface area contributed by atoms with Crippen LogP contribution in [0.1, 0.15) is 45.1 Å². The third-order valence-electron chi connectivity index (χ3n) is 6.68. The summed E-state index contributed by atoms with van der Waals surface area (Å²) in [6.07, 6.45) is 0.0515. The summed E-state index contributed by atoms with van der Waals surface area (Å²) in [5, 5.41) is 44.7. The van der Waals surface area contributed by atoms with Crippen LogP contribution in [-0.4, -0.2) is 117 Å². The van der Waals surface area contributed by atoms with Crippen molar-refractivity contribution < 1.29 is 44.7 Å². The third kappa shape index (κ3) is 10.5. The molecule has 0 spiro atoms. The Bertz CT molecular complexity index is 913. The smallest absolute Gasteiger partial charge is 0.336 e. The first-order valence-electron chi connectivity index (χ1n) is 12.6. The van der Waals surface area contributed by atoms with Crippen LogP contribution in [0.25, 0.3) is 0 Å². The number of benzene rings is 1. The quantitative estimate of drug-likeness (QED) is 0.238. The summed E-state index contributed by atoms with van der Waals surface area (Å²) < 4.78 is 5.50. The van der Waals surface area contributed by atoms with Crippen LogP contribution >= 0.6 is 11.6 Å². The Morgan fingerprint density at radius 3 is 1.89 bits per heavy atom. The summed E-state index contributed by atoms with van der Waals surface area (Å²) in [7, 11) is 0.